The van der Waals surface area contributed by atoms with E-state index in [1.807, 2.05) is 0 Å². The lowest BCUT2D eigenvalue weighted by Gasteiger charge is -2.18. The summed E-state index contributed by atoms with van der Waals surface area (Å²) < 4.78 is 41.4. The minimum atomic E-state index is -4.18. The summed E-state index contributed by atoms with van der Waals surface area (Å²) in [7, 11) is 1.55. The van der Waals surface area contributed by atoms with E-state index in [0.29, 0.717) is 0 Å². The number of halogens is 3. The van der Waals surface area contributed by atoms with Gasteiger partial charge in [0.05, 0.1) is 6.42 Å². The van der Waals surface area contributed by atoms with Gasteiger partial charge in [-0.15, -0.1) is 0 Å². The third-order valence-electron chi connectivity index (χ3n) is 2.63. The van der Waals surface area contributed by atoms with Crippen molar-refractivity contribution in [2.45, 2.75) is 12.6 Å². The average Bonchev–Trinajstić information content (AvgIpc) is 2.36. The van der Waals surface area contributed by atoms with Gasteiger partial charge < -0.3 is 14.7 Å². The summed E-state index contributed by atoms with van der Waals surface area (Å²) in [6, 6.07) is 6.13. The Hall–Kier alpha value is -1.76. The van der Waals surface area contributed by atoms with Crippen LogP contribution in [0.5, 0.6) is 5.75 Å². The summed E-state index contributed by atoms with van der Waals surface area (Å²) in [6.07, 6.45) is -5.06. The number of carboxylic acid groups (broad SMARTS) is 1. The Balaban J connectivity index is 2.39. The van der Waals surface area contributed by atoms with Gasteiger partial charge in [0.25, 0.3) is 0 Å². The highest BCUT2D eigenvalue weighted by Crippen LogP contribution is 2.20. The summed E-state index contributed by atoms with van der Waals surface area (Å²) in [5.74, 6) is -0.893. The third kappa shape index (κ3) is 5.92. The first-order valence-corrected chi connectivity index (χ1v) is 6.00. The number of carboxylic acids is 1. The molecule has 0 aliphatic heterocycles. The summed E-state index contributed by atoms with van der Waals surface area (Å²) in [5.41, 5.74) is 0.0328. The van der Waals surface area contributed by atoms with E-state index in [9.17, 15) is 18.0 Å². The van der Waals surface area contributed by atoms with Crippen LogP contribution in [-0.4, -0.2) is 48.9 Å². The van der Waals surface area contributed by atoms with E-state index in [4.69, 9.17) is 9.84 Å². The van der Waals surface area contributed by atoms with Crippen molar-refractivity contribution in [3.05, 3.63) is 29.8 Å². The van der Waals surface area contributed by atoms with Gasteiger partial charge in [0.1, 0.15) is 17.9 Å². The zero-order valence-electron chi connectivity index (χ0n) is 11.0. The molecule has 0 spiro atoms. The highest BCUT2D eigenvalue weighted by molar-refractivity contribution is 5.90. The second-order valence-corrected chi connectivity index (χ2v) is 4.32. The van der Waals surface area contributed by atoms with Gasteiger partial charge in [-0.25, -0.2) is 4.79 Å². The Morgan fingerprint density at radius 3 is 2.55 bits per heavy atom. The molecule has 0 aliphatic carbocycles. The third-order valence-corrected chi connectivity index (χ3v) is 2.63. The molecule has 0 fully saturated rings. The topological polar surface area (TPSA) is 49.8 Å². The van der Waals surface area contributed by atoms with Crippen molar-refractivity contribution in [2.75, 3.05) is 26.7 Å². The van der Waals surface area contributed by atoms with Gasteiger partial charge >= 0.3 is 12.1 Å². The van der Waals surface area contributed by atoms with Crippen LogP contribution >= 0.6 is 0 Å². The molecule has 1 N–H and O–H groups in total. The Bertz CT molecular complexity index is 449. The molecule has 0 aliphatic rings. The molecule has 1 aromatic carbocycles. The van der Waals surface area contributed by atoms with E-state index in [1.165, 1.54) is 17.0 Å². The van der Waals surface area contributed by atoms with E-state index in [1.54, 1.807) is 19.2 Å². The lowest BCUT2D eigenvalue weighted by molar-refractivity contribution is -0.137. The van der Waals surface area contributed by atoms with E-state index in [2.05, 4.69) is 0 Å². The van der Waals surface area contributed by atoms with Crippen LogP contribution in [0.1, 0.15) is 16.8 Å². The summed E-state index contributed by atoms with van der Waals surface area (Å²) in [4.78, 5) is 12.4. The minimum absolute atomic E-state index is 0.0328. The van der Waals surface area contributed by atoms with Gasteiger partial charge in [0.15, 0.2) is 0 Å². The van der Waals surface area contributed by atoms with Crippen molar-refractivity contribution in [1.29, 1.82) is 0 Å². The summed E-state index contributed by atoms with van der Waals surface area (Å²) in [5, 5.41) is 8.93. The minimum Gasteiger partial charge on any atom is -0.491 e. The fraction of sp³-hybridized carbons (Fsp3) is 0.462. The van der Waals surface area contributed by atoms with Crippen molar-refractivity contribution >= 4 is 5.97 Å². The first-order chi connectivity index (χ1) is 9.29. The number of likely N-dealkylation sites (N-methyl/N-ethyl adjacent to an activating group) is 1. The van der Waals surface area contributed by atoms with Gasteiger partial charge in [-0.3, -0.25) is 0 Å². The summed E-state index contributed by atoms with van der Waals surface area (Å²) >= 11 is 0. The van der Waals surface area contributed by atoms with Crippen LogP contribution in [0.2, 0.25) is 0 Å². The Morgan fingerprint density at radius 1 is 1.30 bits per heavy atom. The molecule has 0 saturated carbocycles. The van der Waals surface area contributed by atoms with Crippen LogP contribution in [0.25, 0.3) is 0 Å². The van der Waals surface area contributed by atoms with E-state index < -0.39 is 18.6 Å². The van der Waals surface area contributed by atoms with Crippen molar-refractivity contribution < 1.29 is 27.8 Å². The average molecular weight is 291 g/mol. The van der Waals surface area contributed by atoms with Gasteiger partial charge in [0.2, 0.25) is 0 Å². The summed E-state index contributed by atoms with van der Waals surface area (Å²) in [6.45, 7) is 0.288. The molecule has 0 unspecified atom stereocenters. The molecule has 0 aromatic heterocycles. The molecule has 0 atom stereocenters. The fourth-order valence-electron chi connectivity index (χ4n) is 1.51. The van der Waals surface area contributed by atoms with Crippen LogP contribution in [0.4, 0.5) is 13.2 Å². The zero-order chi connectivity index (χ0) is 15.2. The fourth-order valence-corrected chi connectivity index (χ4v) is 1.51. The smallest absolute Gasteiger partial charge is 0.390 e. The maximum absolute atomic E-state index is 12.0. The monoisotopic (exact) mass is 291 g/mol. The number of ether oxygens (including phenoxy) is 1. The molecule has 0 saturated heterocycles. The highest BCUT2D eigenvalue weighted by Gasteiger charge is 2.26. The number of hydrogen-bond acceptors (Lipinski definition) is 3. The molecule has 7 heteroatoms. The molecular weight excluding hydrogens is 275 g/mol. The van der Waals surface area contributed by atoms with Crippen molar-refractivity contribution in [3.63, 3.8) is 0 Å². The Kier molecular flexibility index (Phi) is 5.82. The second-order valence-electron chi connectivity index (χ2n) is 4.32. The number of para-hydroxylation sites is 1. The van der Waals surface area contributed by atoms with Crippen LogP contribution in [-0.2, 0) is 0 Å². The molecule has 0 heterocycles. The molecule has 0 bridgehead atoms. The number of benzene rings is 1. The Labute approximate surface area is 114 Å². The van der Waals surface area contributed by atoms with Crippen LogP contribution < -0.4 is 4.74 Å². The second kappa shape index (κ2) is 7.14. The molecule has 4 nitrogen and oxygen atoms in total. The highest BCUT2D eigenvalue weighted by atomic mass is 19.4. The SMILES string of the molecule is CN(CCOc1ccccc1C(=O)O)CCC(F)(F)F. The first kappa shape index (κ1) is 16.3. The Morgan fingerprint density at radius 2 is 1.95 bits per heavy atom. The molecular formula is C13H16F3NO3. The standard InChI is InChI=1S/C13H16F3NO3/c1-17(7-6-13(14,15)16)8-9-20-11-5-3-2-4-10(11)12(18)19/h2-5H,6-9H2,1H3,(H,18,19). The first-order valence-electron chi connectivity index (χ1n) is 6.00. The van der Waals surface area contributed by atoms with Crippen LogP contribution in [0, 0.1) is 0 Å². The van der Waals surface area contributed by atoms with Gasteiger partial charge in [0, 0.05) is 13.1 Å². The predicted octanol–water partition coefficient (Wildman–Crippen LogP) is 2.65. The van der Waals surface area contributed by atoms with Crippen LogP contribution in [0.15, 0.2) is 24.3 Å². The van der Waals surface area contributed by atoms with E-state index >= 15 is 0 Å². The number of aromatic carboxylic acids is 1. The molecule has 112 valence electrons. The van der Waals surface area contributed by atoms with Gasteiger partial charge in [-0.2, -0.15) is 13.2 Å². The largest absolute Gasteiger partial charge is 0.491 e. The van der Waals surface area contributed by atoms with Crippen molar-refractivity contribution in [3.8, 4) is 5.75 Å². The zero-order valence-corrected chi connectivity index (χ0v) is 11.0. The quantitative estimate of drug-likeness (QED) is 0.839. The number of rotatable bonds is 7. The lowest BCUT2D eigenvalue weighted by atomic mass is 10.2. The molecule has 1 rings (SSSR count). The maximum Gasteiger partial charge on any atom is 0.390 e. The molecule has 0 amide bonds. The van der Waals surface area contributed by atoms with Gasteiger partial charge in [-0.05, 0) is 19.2 Å². The van der Waals surface area contributed by atoms with Gasteiger partial charge in [-0.1, -0.05) is 12.1 Å². The number of hydrogen-bond donors (Lipinski definition) is 1. The van der Waals surface area contributed by atoms with Crippen molar-refractivity contribution in [2.24, 2.45) is 0 Å². The number of carbonyl (C=O) groups is 1. The maximum atomic E-state index is 12.0. The molecule has 0 radical (unpaired) electrons. The number of alkyl halides is 3. The molecule has 1 aromatic rings. The van der Waals surface area contributed by atoms with Crippen molar-refractivity contribution in [1.82, 2.24) is 4.90 Å². The van der Waals surface area contributed by atoms with E-state index in [0.717, 1.165) is 0 Å². The normalized spacial score (nSPS) is 11.7. The van der Waals surface area contributed by atoms with E-state index in [-0.39, 0.29) is 31.0 Å². The molecule has 20 heavy (non-hydrogen) atoms. The number of nitrogens with zero attached hydrogens (tertiary/aromatic N) is 1. The van der Waals surface area contributed by atoms with Crippen LogP contribution in [0.3, 0.4) is 0 Å². The predicted molar refractivity (Wildman–Crippen MR) is 67.1 cm³/mol. The lowest BCUT2D eigenvalue weighted by Crippen LogP contribution is -2.28.